The Kier molecular flexibility index (Phi) is 4.27. The standard InChI is InChI=1S/C14H13BrClNO/c1-9-2-4-12(16)14(6-9)18-13-5-3-10(8-17)7-11(13)15/h2-7H,8,17H2,1H3. The molecular formula is C14H13BrClNO. The SMILES string of the molecule is Cc1ccc(Cl)c(Oc2ccc(CN)cc2Br)c1. The Bertz CT molecular complexity index is 572. The van der Waals surface area contributed by atoms with Crippen molar-refractivity contribution in [3.63, 3.8) is 0 Å². The van der Waals surface area contributed by atoms with Crippen molar-refractivity contribution in [2.45, 2.75) is 13.5 Å². The van der Waals surface area contributed by atoms with Crippen LogP contribution in [-0.2, 0) is 6.54 Å². The zero-order valence-electron chi connectivity index (χ0n) is 9.91. The molecule has 0 amide bonds. The van der Waals surface area contributed by atoms with E-state index in [0.717, 1.165) is 21.3 Å². The topological polar surface area (TPSA) is 35.2 Å². The molecule has 4 heteroatoms. The second-order valence-corrected chi connectivity index (χ2v) is 5.27. The third-order valence-electron chi connectivity index (χ3n) is 2.54. The Balaban J connectivity index is 2.31. The van der Waals surface area contributed by atoms with Crippen LogP contribution in [0.15, 0.2) is 40.9 Å². The molecule has 0 aliphatic rings. The van der Waals surface area contributed by atoms with Gasteiger partial charge in [-0.3, -0.25) is 0 Å². The molecule has 2 N–H and O–H groups in total. The smallest absolute Gasteiger partial charge is 0.146 e. The van der Waals surface area contributed by atoms with Crippen LogP contribution in [0.4, 0.5) is 0 Å². The van der Waals surface area contributed by atoms with E-state index in [9.17, 15) is 0 Å². The molecule has 2 rings (SSSR count). The highest BCUT2D eigenvalue weighted by molar-refractivity contribution is 9.10. The van der Waals surface area contributed by atoms with Crippen LogP contribution >= 0.6 is 27.5 Å². The monoisotopic (exact) mass is 325 g/mol. The third kappa shape index (κ3) is 3.05. The largest absolute Gasteiger partial charge is 0.455 e. The van der Waals surface area contributed by atoms with Crippen LogP contribution in [0.1, 0.15) is 11.1 Å². The van der Waals surface area contributed by atoms with Gasteiger partial charge in [0.25, 0.3) is 0 Å². The van der Waals surface area contributed by atoms with Crippen molar-refractivity contribution in [2.24, 2.45) is 5.73 Å². The van der Waals surface area contributed by atoms with Crippen LogP contribution in [0.5, 0.6) is 11.5 Å². The maximum Gasteiger partial charge on any atom is 0.146 e. The quantitative estimate of drug-likeness (QED) is 0.890. The minimum absolute atomic E-state index is 0.504. The highest BCUT2D eigenvalue weighted by Gasteiger charge is 2.07. The van der Waals surface area contributed by atoms with Crippen LogP contribution in [0.25, 0.3) is 0 Å². The predicted molar refractivity (Wildman–Crippen MR) is 78.3 cm³/mol. The summed E-state index contributed by atoms with van der Waals surface area (Å²) in [5, 5.41) is 0.593. The highest BCUT2D eigenvalue weighted by Crippen LogP contribution is 2.34. The van der Waals surface area contributed by atoms with Crippen molar-refractivity contribution >= 4 is 27.5 Å². The summed E-state index contributed by atoms with van der Waals surface area (Å²) in [6.07, 6.45) is 0. The second-order valence-electron chi connectivity index (χ2n) is 4.00. The van der Waals surface area contributed by atoms with Gasteiger partial charge in [0.15, 0.2) is 0 Å². The van der Waals surface area contributed by atoms with Gasteiger partial charge in [-0.1, -0.05) is 23.7 Å². The summed E-state index contributed by atoms with van der Waals surface area (Å²) in [4.78, 5) is 0. The first kappa shape index (κ1) is 13.4. The van der Waals surface area contributed by atoms with E-state index in [1.807, 2.05) is 43.3 Å². The molecule has 18 heavy (non-hydrogen) atoms. The number of rotatable bonds is 3. The van der Waals surface area contributed by atoms with Crippen LogP contribution in [0.2, 0.25) is 5.02 Å². The van der Waals surface area contributed by atoms with Gasteiger partial charge in [-0.2, -0.15) is 0 Å². The first-order chi connectivity index (χ1) is 8.60. The molecule has 0 aliphatic heterocycles. The lowest BCUT2D eigenvalue weighted by molar-refractivity contribution is 0.479. The van der Waals surface area contributed by atoms with E-state index in [4.69, 9.17) is 22.1 Å². The van der Waals surface area contributed by atoms with Crippen LogP contribution in [-0.4, -0.2) is 0 Å². The lowest BCUT2D eigenvalue weighted by Gasteiger charge is -2.11. The fourth-order valence-electron chi connectivity index (χ4n) is 1.56. The Labute approximate surface area is 120 Å². The molecule has 0 radical (unpaired) electrons. The molecule has 0 heterocycles. The molecule has 94 valence electrons. The normalized spacial score (nSPS) is 10.4. The number of halogens is 2. The fraction of sp³-hybridized carbons (Fsp3) is 0.143. The summed E-state index contributed by atoms with van der Waals surface area (Å²) in [6, 6.07) is 11.4. The number of ether oxygens (including phenoxy) is 1. The Morgan fingerprint density at radius 3 is 2.61 bits per heavy atom. The van der Waals surface area contributed by atoms with E-state index >= 15 is 0 Å². The number of hydrogen-bond acceptors (Lipinski definition) is 2. The van der Waals surface area contributed by atoms with E-state index in [2.05, 4.69) is 15.9 Å². The maximum absolute atomic E-state index is 6.10. The molecule has 0 aromatic heterocycles. The molecular weight excluding hydrogens is 314 g/mol. The molecule has 0 atom stereocenters. The van der Waals surface area contributed by atoms with Gasteiger partial charge >= 0.3 is 0 Å². The van der Waals surface area contributed by atoms with Gasteiger partial charge in [0, 0.05) is 6.54 Å². The van der Waals surface area contributed by atoms with Crippen molar-refractivity contribution in [1.29, 1.82) is 0 Å². The summed E-state index contributed by atoms with van der Waals surface area (Å²) in [5.74, 6) is 1.37. The first-order valence-electron chi connectivity index (χ1n) is 5.52. The van der Waals surface area contributed by atoms with Gasteiger partial charge in [-0.05, 0) is 58.2 Å². The summed E-state index contributed by atoms with van der Waals surface area (Å²) in [7, 11) is 0. The zero-order chi connectivity index (χ0) is 13.1. The van der Waals surface area contributed by atoms with E-state index in [1.165, 1.54) is 0 Å². The molecule has 0 fully saturated rings. The van der Waals surface area contributed by atoms with E-state index in [-0.39, 0.29) is 0 Å². The first-order valence-corrected chi connectivity index (χ1v) is 6.70. The Hall–Kier alpha value is -1.03. The molecule has 2 aromatic carbocycles. The lowest BCUT2D eigenvalue weighted by atomic mass is 10.2. The van der Waals surface area contributed by atoms with Gasteiger partial charge in [-0.25, -0.2) is 0 Å². The third-order valence-corrected chi connectivity index (χ3v) is 3.47. The van der Waals surface area contributed by atoms with Crippen molar-refractivity contribution in [1.82, 2.24) is 0 Å². The zero-order valence-corrected chi connectivity index (χ0v) is 12.3. The highest BCUT2D eigenvalue weighted by atomic mass is 79.9. The van der Waals surface area contributed by atoms with E-state index in [0.29, 0.717) is 17.3 Å². The number of benzene rings is 2. The minimum Gasteiger partial charge on any atom is -0.455 e. The fourth-order valence-corrected chi connectivity index (χ4v) is 2.22. The van der Waals surface area contributed by atoms with Gasteiger partial charge in [0.05, 0.1) is 9.50 Å². The van der Waals surface area contributed by atoms with Crippen molar-refractivity contribution in [3.8, 4) is 11.5 Å². The molecule has 0 saturated heterocycles. The number of hydrogen-bond donors (Lipinski definition) is 1. The molecule has 0 spiro atoms. The van der Waals surface area contributed by atoms with Crippen LogP contribution in [0, 0.1) is 6.92 Å². The number of nitrogens with two attached hydrogens (primary N) is 1. The molecule has 2 nitrogen and oxygen atoms in total. The molecule has 0 unspecified atom stereocenters. The van der Waals surface area contributed by atoms with Crippen molar-refractivity contribution in [3.05, 3.63) is 57.0 Å². The summed E-state index contributed by atoms with van der Waals surface area (Å²) >= 11 is 9.56. The predicted octanol–water partition coefficient (Wildman–Crippen LogP) is 4.66. The summed E-state index contributed by atoms with van der Waals surface area (Å²) in [5.41, 5.74) is 7.73. The maximum atomic E-state index is 6.10. The minimum atomic E-state index is 0.504. The molecule has 0 aliphatic carbocycles. The van der Waals surface area contributed by atoms with Crippen molar-refractivity contribution < 1.29 is 4.74 Å². The average Bonchev–Trinajstić information content (AvgIpc) is 2.36. The van der Waals surface area contributed by atoms with Gasteiger partial charge in [0.2, 0.25) is 0 Å². The number of aryl methyl sites for hydroxylation is 1. The summed E-state index contributed by atoms with van der Waals surface area (Å²) in [6.45, 7) is 2.50. The van der Waals surface area contributed by atoms with Crippen LogP contribution in [0.3, 0.4) is 0 Å². The Morgan fingerprint density at radius 1 is 1.17 bits per heavy atom. The van der Waals surface area contributed by atoms with E-state index < -0.39 is 0 Å². The van der Waals surface area contributed by atoms with Crippen LogP contribution < -0.4 is 10.5 Å². The van der Waals surface area contributed by atoms with Gasteiger partial charge in [-0.15, -0.1) is 0 Å². The lowest BCUT2D eigenvalue weighted by Crippen LogP contribution is -1.96. The molecule has 0 bridgehead atoms. The van der Waals surface area contributed by atoms with Gasteiger partial charge < -0.3 is 10.5 Å². The second kappa shape index (κ2) is 5.74. The van der Waals surface area contributed by atoms with E-state index in [1.54, 1.807) is 0 Å². The average molecular weight is 327 g/mol. The molecule has 0 saturated carbocycles. The van der Waals surface area contributed by atoms with Gasteiger partial charge in [0.1, 0.15) is 11.5 Å². The molecule has 2 aromatic rings. The Morgan fingerprint density at radius 2 is 1.94 bits per heavy atom. The summed E-state index contributed by atoms with van der Waals surface area (Å²) < 4.78 is 6.66. The van der Waals surface area contributed by atoms with Crippen molar-refractivity contribution in [2.75, 3.05) is 0 Å².